The van der Waals surface area contributed by atoms with Gasteiger partial charge in [-0.05, 0) is 5.56 Å². The predicted molar refractivity (Wildman–Crippen MR) is 67.3 cm³/mol. The molecule has 0 bridgehead atoms. The molecule has 0 amide bonds. The van der Waals surface area contributed by atoms with E-state index in [2.05, 4.69) is 0 Å². The molecule has 0 fully saturated rings. The van der Waals surface area contributed by atoms with Crippen LogP contribution in [-0.2, 0) is 11.3 Å². The molecule has 0 heterocycles. The van der Waals surface area contributed by atoms with Crippen molar-refractivity contribution in [2.75, 3.05) is 33.4 Å². The van der Waals surface area contributed by atoms with Crippen molar-refractivity contribution in [2.45, 2.75) is 6.54 Å². The van der Waals surface area contributed by atoms with E-state index < -0.39 is 4.92 Å². The van der Waals surface area contributed by atoms with Gasteiger partial charge < -0.3 is 9.84 Å². The number of rotatable bonds is 8. The molecule has 0 atom stereocenters. The second-order valence-electron chi connectivity index (χ2n) is 3.92. The first-order valence-electron chi connectivity index (χ1n) is 5.73. The lowest BCUT2D eigenvalue weighted by molar-refractivity contribution is -0.384. The summed E-state index contributed by atoms with van der Waals surface area (Å²) in [7, 11) is 1.62. The van der Waals surface area contributed by atoms with Crippen molar-refractivity contribution in [3.05, 3.63) is 39.9 Å². The first-order valence-corrected chi connectivity index (χ1v) is 5.73. The van der Waals surface area contributed by atoms with E-state index in [0.717, 1.165) is 5.56 Å². The van der Waals surface area contributed by atoms with Crippen molar-refractivity contribution >= 4 is 5.69 Å². The van der Waals surface area contributed by atoms with Gasteiger partial charge in [-0.1, -0.05) is 12.1 Å². The third-order valence-corrected chi connectivity index (χ3v) is 2.56. The van der Waals surface area contributed by atoms with E-state index >= 15 is 0 Å². The molecule has 1 aromatic carbocycles. The fourth-order valence-corrected chi connectivity index (χ4v) is 1.66. The molecule has 6 heteroatoms. The van der Waals surface area contributed by atoms with Gasteiger partial charge in [0.05, 0.1) is 18.1 Å². The van der Waals surface area contributed by atoms with E-state index in [-0.39, 0.29) is 12.3 Å². The van der Waals surface area contributed by atoms with Gasteiger partial charge in [-0.2, -0.15) is 0 Å². The summed E-state index contributed by atoms with van der Waals surface area (Å²) in [6.45, 7) is 2.38. The second kappa shape index (κ2) is 7.75. The zero-order valence-electron chi connectivity index (χ0n) is 10.4. The number of benzene rings is 1. The number of hydrogen-bond donors (Lipinski definition) is 1. The summed E-state index contributed by atoms with van der Waals surface area (Å²) in [5, 5.41) is 19.6. The summed E-state index contributed by atoms with van der Waals surface area (Å²) in [4.78, 5) is 12.2. The van der Waals surface area contributed by atoms with Crippen LogP contribution in [0, 0.1) is 10.1 Å². The van der Waals surface area contributed by atoms with E-state index in [9.17, 15) is 10.1 Å². The Morgan fingerprint density at radius 3 is 2.83 bits per heavy atom. The summed E-state index contributed by atoms with van der Waals surface area (Å²) in [5.41, 5.74) is 0.942. The Bertz CT molecular complexity index is 384. The Balaban J connectivity index is 2.67. The van der Waals surface area contributed by atoms with Crippen LogP contribution >= 0.6 is 0 Å². The van der Waals surface area contributed by atoms with Crippen LogP contribution in [-0.4, -0.2) is 48.3 Å². The lowest BCUT2D eigenvalue weighted by atomic mass is 10.2. The lowest BCUT2D eigenvalue weighted by Gasteiger charge is -2.20. The van der Waals surface area contributed by atoms with Crippen molar-refractivity contribution in [2.24, 2.45) is 0 Å². The van der Waals surface area contributed by atoms with E-state index in [4.69, 9.17) is 9.84 Å². The number of aliphatic hydroxyl groups excluding tert-OH is 1. The van der Waals surface area contributed by atoms with Crippen LogP contribution in [0.3, 0.4) is 0 Å². The molecule has 18 heavy (non-hydrogen) atoms. The average molecular weight is 254 g/mol. The maximum absolute atomic E-state index is 10.7. The Morgan fingerprint density at radius 1 is 1.44 bits per heavy atom. The highest BCUT2D eigenvalue weighted by atomic mass is 16.6. The number of aliphatic hydroxyl groups is 1. The van der Waals surface area contributed by atoms with E-state index in [0.29, 0.717) is 26.2 Å². The molecule has 6 nitrogen and oxygen atoms in total. The molecule has 0 unspecified atom stereocenters. The summed E-state index contributed by atoms with van der Waals surface area (Å²) >= 11 is 0. The van der Waals surface area contributed by atoms with Crippen LogP contribution in [0.4, 0.5) is 5.69 Å². The molecule has 0 aliphatic heterocycles. The molecule has 1 aromatic rings. The van der Waals surface area contributed by atoms with E-state index in [1.807, 2.05) is 11.0 Å². The molecule has 0 saturated heterocycles. The SMILES string of the molecule is COCCN(CCO)Cc1cccc([N+](=O)[O-])c1. The Kier molecular flexibility index (Phi) is 6.27. The lowest BCUT2D eigenvalue weighted by Crippen LogP contribution is -2.29. The van der Waals surface area contributed by atoms with Crippen molar-refractivity contribution < 1.29 is 14.8 Å². The maximum atomic E-state index is 10.7. The van der Waals surface area contributed by atoms with Crippen LogP contribution in [0.2, 0.25) is 0 Å². The number of ether oxygens (including phenoxy) is 1. The van der Waals surface area contributed by atoms with Crippen LogP contribution in [0.15, 0.2) is 24.3 Å². The van der Waals surface area contributed by atoms with Gasteiger partial charge in [0.1, 0.15) is 0 Å². The van der Waals surface area contributed by atoms with Gasteiger partial charge in [0.25, 0.3) is 5.69 Å². The number of nitro groups is 1. The van der Waals surface area contributed by atoms with Crippen LogP contribution in [0.5, 0.6) is 0 Å². The Morgan fingerprint density at radius 2 is 2.22 bits per heavy atom. The molecule has 0 saturated carbocycles. The summed E-state index contributed by atoms with van der Waals surface area (Å²) in [6.07, 6.45) is 0. The quantitative estimate of drug-likeness (QED) is 0.554. The van der Waals surface area contributed by atoms with Gasteiger partial charge in [0.15, 0.2) is 0 Å². The van der Waals surface area contributed by atoms with Gasteiger partial charge in [0.2, 0.25) is 0 Å². The normalized spacial score (nSPS) is 10.8. The number of nitro benzene ring substituents is 1. The highest BCUT2D eigenvalue weighted by Gasteiger charge is 2.09. The minimum atomic E-state index is -0.408. The molecule has 1 N–H and O–H groups in total. The Labute approximate surface area is 106 Å². The molecular formula is C12H18N2O4. The number of non-ortho nitro benzene ring substituents is 1. The van der Waals surface area contributed by atoms with Crippen molar-refractivity contribution in [3.8, 4) is 0 Å². The standard InChI is InChI=1S/C12H18N2O4/c1-18-8-6-13(5-7-15)10-11-3-2-4-12(9-11)14(16)17/h2-4,9,15H,5-8,10H2,1H3. The smallest absolute Gasteiger partial charge is 0.269 e. The number of nitrogens with zero attached hydrogens (tertiary/aromatic N) is 2. The first-order chi connectivity index (χ1) is 8.67. The van der Waals surface area contributed by atoms with E-state index in [1.54, 1.807) is 19.2 Å². The third kappa shape index (κ3) is 4.79. The van der Waals surface area contributed by atoms with Gasteiger partial charge in [0, 0.05) is 38.9 Å². The average Bonchev–Trinajstić information content (AvgIpc) is 2.36. The third-order valence-electron chi connectivity index (χ3n) is 2.56. The monoisotopic (exact) mass is 254 g/mol. The van der Waals surface area contributed by atoms with Crippen LogP contribution < -0.4 is 0 Å². The van der Waals surface area contributed by atoms with Crippen molar-refractivity contribution in [1.29, 1.82) is 0 Å². The molecule has 0 aromatic heterocycles. The molecule has 0 aliphatic carbocycles. The molecule has 0 spiro atoms. The highest BCUT2D eigenvalue weighted by Crippen LogP contribution is 2.14. The summed E-state index contributed by atoms with van der Waals surface area (Å²) < 4.78 is 4.99. The largest absolute Gasteiger partial charge is 0.395 e. The van der Waals surface area contributed by atoms with Crippen molar-refractivity contribution in [3.63, 3.8) is 0 Å². The summed E-state index contributed by atoms with van der Waals surface area (Å²) in [6, 6.07) is 6.53. The second-order valence-corrected chi connectivity index (χ2v) is 3.92. The maximum Gasteiger partial charge on any atom is 0.269 e. The minimum absolute atomic E-state index is 0.0542. The highest BCUT2D eigenvalue weighted by molar-refractivity contribution is 5.34. The van der Waals surface area contributed by atoms with E-state index in [1.165, 1.54) is 6.07 Å². The van der Waals surface area contributed by atoms with Gasteiger partial charge >= 0.3 is 0 Å². The zero-order valence-corrected chi connectivity index (χ0v) is 10.4. The van der Waals surface area contributed by atoms with Crippen LogP contribution in [0.1, 0.15) is 5.56 Å². The predicted octanol–water partition coefficient (Wildman–Crippen LogP) is 1.04. The number of methoxy groups -OCH3 is 1. The summed E-state index contributed by atoms with van der Waals surface area (Å²) in [5.74, 6) is 0. The molecule has 1 rings (SSSR count). The Hall–Kier alpha value is -1.50. The topological polar surface area (TPSA) is 75.8 Å². The molecule has 100 valence electrons. The fraction of sp³-hybridized carbons (Fsp3) is 0.500. The van der Waals surface area contributed by atoms with Gasteiger partial charge in [-0.3, -0.25) is 15.0 Å². The molecular weight excluding hydrogens is 236 g/mol. The number of hydrogen-bond acceptors (Lipinski definition) is 5. The van der Waals surface area contributed by atoms with Crippen LogP contribution in [0.25, 0.3) is 0 Å². The minimum Gasteiger partial charge on any atom is -0.395 e. The zero-order chi connectivity index (χ0) is 13.4. The van der Waals surface area contributed by atoms with Gasteiger partial charge in [-0.15, -0.1) is 0 Å². The fourth-order valence-electron chi connectivity index (χ4n) is 1.66. The van der Waals surface area contributed by atoms with Gasteiger partial charge in [-0.25, -0.2) is 0 Å². The molecule has 0 radical (unpaired) electrons. The first kappa shape index (κ1) is 14.6. The molecule has 0 aliphatic rings. The van der Waals surface area contributed by atoms with Crippen molar-refractivity contribution in [1.82, 2.24) is 4.90 Å².